The number of carbonyl (C=O) groups is 1. The molecule has 1 aromatic carbocycles. The first-order chi connectivity index (χ1) is 14.7. The summed E-state index contributed by atoms with van der Waals surface area (Å²) in [5.41, 5.74) is 0.861. The normalized spacial score (nSPS) is 17.8. The van der Waals surface area contributed by atoms with Crippen LogP contribution < -0.4 is 0 Å². The van der Waals surface area contributed by atoms with Crippen molar-refractivity contribution < 1.29 is 13.9 Å². The number of thioether (sulfide) groups is 1. The second-order valence-corrected chi connectivity index (χ2v) is 8.67. The molecule has 9 heteroatoms. The zero-order valence-electron chi connectivity index (χ0n) is 17.1. The van der Waals surface area contributed by atoms with Gasteiger partial charge in [-0.15, -0.1) is 10.2 Å². The second-order valence-electron chi connectivity index (χ2n) is 7.61. The van der Waals surface area contributed by atoms with E-state index in [1.807, 2.05) is 4.90 Å². The molecule has 0 bridgehead atoms. The molecule has 0 atom stereocenters. The highest BCUT2D eigenvalue weighted by Gasteiger charge is 2.20. The van der Waals surface area contributed by atoms with E-state index in [4.69, 9.17) is 4.74 Å². The molecule has 2 fully saturated rings. The number of ether oxygens (including phenoxy) is 1. The number of morpholine rings is 1. The highest BCUT2D eigenvalue weighted by atomic mass is 32.2. The minimum atomic E-state index is -0.260. The summed E-state index contributed by atoms with van der Waals surface area (Å²) in [7, 11) is 0. The summed E-state index contributed by atoms with van der Waals surface area (Å²) in [4.78, 5) is 16.1. The van der Waals surface area contributed by atoms with Gasteiger partial charge in [-0.05, 0) is 37.1 Å². The van der Waals surface area contributed by atoms with Gasteiger partial charge in [0.15, 0.2) is 11.0 Å². The Hall–Kier alpha value is -1.97. The lowest BCUT2D eigenvalue weighted by Crippen LogP contribution is -2.38. The monoisotopic (exact) mass is 433 g/mol. The number of halogens is 1. The maximum atomic E-state index is 13.4. The fraction of sp³-hybridized carbons (Fsp3) is 0.571. The van der Waals surface area contributed by atoms with Gasteiger partial charge in [0.1, 0.15) is 5.82 Å². The molecule has 2 saturated heterocycles. The van der Waals surface area contributed by atoms with E-state index in [0.717, 1.165) is 87.6 Å². The molecule has 1 amide bonds. The first kappa shape index (κ1) is 21.3. The third kappa shape index (κ3) is 5.39. The maximum Gasteiger partial charge on any atom is 0.222 e. The van der Waals surface area contributed by atoms with Crippen molar-refractivity contribution in [2.24, 2.45) is 0 Å². The van der Waals surface area contributed by atoms with Crippen LogP contribution >= 0.6 is 11.8 Å². The Kier molecular flexibility index (Phi) is 7.35. The van der Waals surface area contributed by atoms with Crippen molar-refractivity contribution >= 4 is 17.7 Å². The molecule has 0 saturated carbocycles. The Morgan fingerprint density at radius 3 is 2.57 bits per heavy atom. The Labute approximate surface area is 180 Å². The largest absolute Gasteiger partial charge is 0.379 e. The van der Waals surface area contributed by atoms with Crippen LogP contribution in [0.2, 0.25) is 0 Å². The topological polar surface area (TPSA) is 63.5 Å². The van der Waals surface area contributed by atoms with Crippen LogP contribution in [-0.2, 0) is 16.1 Å². The standard InChI is InChI=1S/C21H28FN5O2S/c22-18-6-4-17(5-7-18)20-23-24-21(27(20)11-10-25-12-14-29-15-13-25)30-16-2-9-26-8-1-3-19(26)28/h4-7H,1-3,8-16H2. The van der Waals surface area contributed by atoms with Crippen LogP contribution in [0.3, 0.4) is 0 Å². The van der Waals surface area contributed by atoms with Crippen LogP contribution in [0, 0.1) is 5.82 Å². The molecule has 7 nitrogen and oxygen atoms in total. The van der Waals surface area contributed by atoms with E-state index in [1.165, 1.54) is 12.1 Å². The molecule has 4 rings (SSSR count). The van der Waals surface area contributed by atoms with Gasteiger partial charge in [-0.2, -0.15) is 0 Å². The van der Waals surface area contributed by atoms with Gasteiger partial charge < -0.3 is 14.2 Å². The minimum Gasteiger partial charge on any atom is -0.379 e. The van der Waals surface area contributed by atoms with Gasteiger partial charge in [-0.1, -0.05) is 11.8 Å². The van der Waals surface area contributed by atoms with E-state index in [9.17, 15) is 9.18 Å². The van der Waals surface area contributed by atoms with Crippen LogP contribution in [-0.4, -0.2) is 82.2 Å². The summed E-state index contributed by atoms with van der Waals surface area (Å²) in [6.07, 6.45) is 2.59. The molecule has 2 aliphatic heterocycles. The highest BCUT2D eigenvalue weighted by molar-refractivity contribution is 7.99. The average Bonchev–Trinajstić information content (AvgIpc) is 3.37. The van der Waals surface area contributed by atoms with Crippen molar-refractivity contribution in [3.05, 3.63) is 30.1 Å². The quantitative estimate of drug-likeness (QED) is 0.447. The van der Waals surface area contributed by atoms with Gasteiger partial charge in [-0.3, -0.25) is 9.69 Å². The number of benzene rings is 1. The van der Waals surface area contributed by atoms with Crippen molar-refractivity contribution in [3.63, 3.8) is 0 Å². The van der Waals surface area contributed by atoms with E-state index in [0.29, 0.717) is 6.42 Å². The Bertz CT molecular complexity index is 838. The smallest absolute Gasteiger partial charge is 0.222 e. The first-order valence-electron chi connectivity index (χ1n) is 10.6. The SMILES string of the molecule is O=C1CCCN1CCCSc1nnc(-c2ccc(F)cc2)n1CCN1CCOCC1. The number of likely N-dealkylation sites (tertiary alicyclic amines) is 1. The van der Waals surface area contributed by atoms with Crippen molar-refractivity contribution in [1.82, 2.24) is 24.6 Å². The molecule has 1 aromatic heterocycles. The molecule has 2 aliphatic rings. The lowest BCUT2D eigenvalue weighted by molar-refractivity contribution is -0.127. The Morgan fingerprint density at radius 2 is 1.83 bits per heavy atom. The predicted octanol–water partition coefficient (Wildman–Crippen LogP) is 2.52. The molecule has 0 aliphatic carbocycles. The van der Waals surface area contributed by atoms with Gasteiger partial charge in [0.05, 0.1) is 13.2 Å². The van der Waals surface area contributed by atoms with E-state index in [1.54, 1.807) is 23.9 Å². The van der Waals surface area contributed by atoms with E-state index in [2.05, 4.69) is 19.7 Å². The Balaban J connectivity index is 1.41. The fourth-order valence-electron chi connectivity index (χ4n) is 3.84. The molecule has 0 radical (unpaired) electrons. The maximum absolute atomic E-state index is 13.4. The summed E-state index contributed by atoms with van der Waals surface area (Å²) in [6, 6.07) is 6.41. The van der Waals surface area contributed by atoms with Gasteiger partial charge in [0.2, 0.25) is 5.91 Å². The summed E-state index contributed by atoms with van der Waals surface area (Å²) in [5, 5.41) is 9.70. The lowest BCUT2D eigenvalue weighted by atomic mass is 10.2. The molecule has 2 aromatic rings. The third-order valence-corrected chi connectivity index (χ3v) is 6.59. The third-order valence-electron chi connectivity index (χ3n) is 5.54. The Morgan fingerprint density at radius 1 is 1.03 bits per heavy atom. The molecule has 0 N–H and O–H groups in total. The zero-order valence-corrected chi connectivity index (χ0v) is 17.9. The van der Waals surface area contributed by atoms with Crippen molar-refractivity contribution in [3.8, 4) is 11.4 Å². The first-order valence-corrected chi connectivity index (χ1v) is 11.6. The van der Waals surface area contributed by atoms with Gasteiger partial charge in [0.25, 0.3) is 0 Å². The molecule has 30 heavy (non-hydrogen) atoms. The van der Waals surface area contributed by atoms with E-state index >= 15 is 0 Å². The van der Waals surface area contributed by atoms with Gasteiger partial charge >= 0.3 is 0 Å². The summed E-state index contributed by atoms with van der Waals surface area (Å²) >= 11 is 1.67. The number of amides is 1. The molecule has 3 heterocycles. The number of carbonyl (C=O) groups excluding carboxylic acids is 1. The van der Waals surface area contributed by atoms with E-state index < -0.39 is 0 Å². The number of aromatic nitrogens is 3. The van der Waals surface area contributed by atoms with Crippen LogP contribution in [0.25, 0.3) is 11.4 Å². The van der Waals surface area contributed by atoms with Gasteiger partial charge in [-0.25, -0.2) is 4.39 Å². The predicted molar refractivity (Wildman–Crippen MR) is 114 cm³/mol. The van der Waals surface area contributed by atoms with Crippen LogP contribution in [0.15, 0.2) is 29.4 Å². The number of rotatable bonds is 9. The van der Waals surface area contributed by atoms with Crippen LogP contribution in [0.5, 0.6) is 0 Å². The number of hydrogen-bond donors (Lipinski definition) is 0. The summed E-state index contributed by atoms with van der Waals surface area (Å²) in [6.45, 7) is 6.75. The summed E-state index contributed by atoms with van der Waals surface area (Å²) in [5.74, 6) is 1.65. The van der Waals surface area contributed by atoms with Crippen molar-refractivity contribution in [2.45, 2.75) is 31.0 Å². The molecular weight excluding hydrogens is 405 g/mol. The molecular formula is C21H28FN5O2S. The fourth-order valence-corrected chi connectivity index (χ4v) is 4.72. The number of hydrogen-bond acceptors (Lipinski definition) is 6. The zero-order chi connectivity index (χ0) is 20.8. The van der Waals surface area contributed by atoms with Crippen molar-refractivity contribution in [1.29, 1.82) is 0 Å². The molecule has 162 valence electrons. The second kappa shape index (κ2) is 10.4. The molecule has 0 spiro atoms. The minimum absolute atomic E-state index is 0.260. The van der Waals surface area contributed by atoms with Crippen LogP contribution in [0.4, 0.5) is 4.39 Å². The highest BCUT2D eigenvalue weighted by Crippen LogP contribution is 2.25. The lowest BCUT2D eigenvalue weighted by Gasteiger charge is -2.27. The van der Waals surface area contributed by atoms with Crippen molar-refractivity contribution in [2.75, 3.05) is 51.7 Å². The summed E-state index contributed by atoms with van der Waals surface area (Å²) < 4.78 is 20.9. The van der Waals surface area contributed by atoms with E-state index in [-0.39, 0.29) is 11.7 Å². The van der Waals surface area contributed by atoms with Crippen LogP contribution in [0.1, 0.15) is 19.3 Å². The number of nitrogens with zero attached hydrogens (tertiary/aromatic N) is 5. The van der Waals surface area contributed by atoms with Gasteiger partial charge in [0, 0.05) is 57.0 Å². The average molecular weight is 434 g/mol. The molecule has 0 unspecified atom stereocenters.